The normalized spacial score (nSPS) is 19.1. The topological polar surface area (TPSA) is 125 Å². The van der Waals surface area contributed by atoms with Crippen LogP contribution < -0.4 is 5.32 Å². The Morgan fingerprint density at radius 1 is 1.22 bits per heavy atom. The van der Waals surface area contributed by atoms with E-state index in [1.807, 2.05) is 6.07 Å². The molecule has 0 radical (unpaired) electrons. The third-order valence-electron chi connectivity index (χ3n) is 7.35. The second kappa shape index (κ2) is 13.1. The smallest absolute Gasteiger partial charge is 0.341 e. The van der Waals surface area contributed by atoms with Crippen LogP contribution in [0.15, 0.2) is 53.9 Å². The molecule has 3 heterocycles. The molecule has 2 aromatic rings. The zero-order chi connectivity index (χ0) is 29.6. The van der Waals surface area contributed by atoms with E-state index in [1.54, 1.807) is 18.3 Å². The van der Waals surface area contributed by atoms with Crippen molar-refractivity contribution in [1.82, 2.24) is 25.2 Å². The zero-order valence-corrected chi connectivity index (χ0v) is 22.9. The molecule has 11 nitrogen and oxygen atoms in total. The largest absolute Gasteiger partial charge is 0.466 e. The molecule has 1 aromatic heterocycles. The van der Waals surface area contributed by atoms with Gasteiger partial charge in [-0.25, -0.2) is 23.4 Å². The molecule has 41 heavy (non-hydrogen) atoms. The molecule has 1 saturated heterocycles. The number of hydrazine groups is 1. The molecule has 4 rings (SSSR count). The lowest BCUT2D eigenvalue weighted by molar-refractivity contribution is -0.141. The van der Waals surface area contributed by atoms with Crippen LogP contribution in [0, 0.1) is 11.6 Å². The van der Waals surface area contributed by atoms with Gasteiger partial charge < -0.3 is 24.8 Å². The molecule has 1 fully saturated rings. The van der Waals surface area contributed by atoms with Crippen molar-refractivity contribution < 1.29 is 37.7 Å². The van der Waals surface area contributed by atoms with Crippen LogP contribution in [-0.4, -0.2) is 90.4 Å². The molecule has 220 valence electrons. The number of rotatable bonds is 11. The van der Waals surface area contributed by atoms with Gasteiger partial charge in [0, 0.05) is 32.9 Å². The predicted molar refractivity (Wildman–Crippen MR) is 142 cm³/mol. The first-order valence-electron chi connectivity index (χ1n) is 13.2. The Bertz CT molecular complexity index is 1290. The van der Waals surface area contributed by atoms with E-state index in [4.69, 9.17) is 9.47 Å². The van der Waals surface area contributed by atoms with Crippen LogP contribution in [0.25, 0.3) is 0 Å². The summed E-state index contributed by atoms with van der Waals surface area (Å²) in [6, 6.07) is 6.37. The number of hydrogen-bond donors (Lipinski definition) is 2. The first-order chi connectivity index (χ1) is 19.7. The molecule has 2 aliphatic heterocycles. The quantitative estimate of drug-likeness (QED) is 0.310. The summed E-state index contributed by atoms with van der Waals surface area (Å²) < 4.78 is 38.2. The highest BCUT2D eigenvalue weighted by Gasteiger charge is 2.43. The molecule has 13 heteroatoms. The maximum atomic E-state index is 14.3. The number of carbonyl (C=O) groups excluding carboxylic acids is 3. The van der Waals surface area contributed by atoms with E-state index in [1.165, 1.54) is 13.2 Å². The molecule has 1 unspecified atom stereocenters. The van der Waals surface area contributed by atoms with Gasteiger partial charge in [-0.2, -0.15) is 0 Å². The van der Waals surface area contributed by atoms with Crippen LogP contribution in [0.4, 0.5) is 13.6 Å². The Hall–Kier alpha value is -3.94. The van der Waals surface area contributed by atoms with Gasteiger partial charge in [0.2, 0.25) is 6.41 Å². The molecule has 3 amide bonds. The summed E-state index contributed by atoms with van der Waals surface area (Å²) in [5.41, 5.74) is -0.323. The summed E-state index contributed by atoms with van der Waals surface area (Å²) in [4.78, 5) is 44.9. The second-order valence-corrected chi connectivity index (χ2v) is 9.88. The molecule has 2 aliphatic rings. The summed E-state index contributed by atoms with van der Waals surface area (Å²) in [5.74, 6) is -3.12. The Balaban J connectivity index is 1.52. The number of methoxy groups -OCH3 is 2. The molecule has 1 aromatic carbocycles. The van der Waals surface area contributed by atoms with Crippen molar-refractivity contribution in [3.8, 4) is 0 Å². The Kier molecular flexibility index (Phi) is 9.63. The standard InChI is InChI=1S/C28H33F2N5O6/c1-40-17-22-24(26(37)41-2)25(19-7-8-20(29)21(30)16-19)35(27(38)32-22)34(18-36)13-5-12-33-14-9-28(39,10-15-33)23-6-3-4-11-31-23/h3-4,6-8,11,16,18,25,39H,5,9-10,12-15,17H2,1-2H3,(H,32,38). The summed E-state index contributed by atoms with van der Waals surface area (Å²) in [7, 11) is 2.51. The number of aliphatic hydroxyl groups is 1. The number of hydrogen-bond acceptors (Lipinski definition) is 8. The molecular formula is C28H33F2N5O6. The number of likely N-dealkylation sites (tertiary alicyclic amines) is 1. The fourth-order valence-electron chi connectivity index (χ4n) is 5.22. The number of urea groups is 1. The number of benzene rings is 1. The number of pyridine rings is 1. The van der Waals surface area contributed by atoms with Gasteiger partial charge in [0.1, 0.15) is 11.6 Å². The van der Waals surface area contributed by atoms with E-state index in [0.29, 0.717) is 51.0 Å². The Morgan fingerprint density at radius 3 is 2.59 bits per heavy atom. The number of carbonyl (C=O) groups is 3. The maximum Gasteiger partial charge on any atom is 0.341 e. The number of nitrogens with zero attached hydrogens (tertiary/aromatic N) is 4. The molecular weight excluding hydrogens is 540 g/mol. The minimum Gasteiger partial charge on any atom is -0.466 e. The molecule has 0 saturated carbocycles. The van der Waals surface area contributed by atoms with Crippen molar-refractivity contribution in [1.29, 1.82) is 0 Å². The molecule has 1 atom stereocenters. The molecule has 0 bridgehead atoms. The van der Waals surface area contributed by atoms with E-state index in [9.17, 15) is 28.3 Å². The Morgan fingerprint density at radius 2 is 1.98 bits per heavy atom. The molecule has 2 N–H and O–H groups in total. The third kappa shape index (κ3) is 6.53. The van der Waals surface area contributed by atoms with E-state index in [-0.39, 0.29) is 30.0 Å². The van der Waals surface area contributed by atoms with Crippen molar-refractivity contribution in [2.45, 2.75) is 30.9 Å². The first-order valence-corrected chi connectivity index (χ1v) is 13.2. The van der Waals surface area contributed by atoms with Gasteiger partial charge in [0.15, 0.2) is 11.6 Å². The highest BCUT2D eigenvalue weighted by molar-refractivity contribution is 5.95. The van der Waals surface area contributed by atoms with Crippen molar-refractivity contribution >= 4 is 18.4 Å². The fourth-order valence-corrected chi connectivity index (χ4v) is 5.22. The van der Waals surface area contributed by atoms with Crippen LogP contribution in [-0.2, 0) is 24.7 Å². The summed E-state index contributed by atoms with van der Waals surface area (Å²) in [6.07, 6.45) is 3.51. The zero-order valence-electron chi connectivity index (χ0n) is 22.9. The van der Waals surface area contributed by atoms with Crippen molar-refractivity contribution in [3.05, 3.63) is 76.8 Å². The average Bonchev–Trinajstić information content (AvgIpc) is 2.98. The number of ether oxygens (including phenoxy) is 2. The van der Waals surface area contributed by atoms with Gasteiger partial charge in [-0.3, -0.25) is 14.8 Å². The average molecular weight is 574 g/mol. The molecule has 0 spiro atoms. The highest BCUT2D eigenvalue weighted by Crippen LogP contribution is 2.36. The fraction of sp³-hybridized carbons (Fsp3) is 0.429. The number of aromatic nitrogens is 1. The monoisotopic (exact) mass is 573 g/mol. The minimum absolute atomic E-state index is 0.0597. The van der Waals surface area contributed by atoms with Gasteiger partial charge in [-0.05, 0) is 55.6 Å². The third-order valence-corrected chi connectivity index (χ3v) is 7.35. The number of piperidine rings is 1. The van der Waals surface area contributed by atoms with Gasteiger partial charge in [0.25, 0.3) is 0 Å². The van der Waals surface area contributed by atoms with E-state index >= 15 is 0 Å². The lowest BCUT2D eigenvalue weighted by Gasteiger charge is -2.42. The van der Waals surface area contributed by atoms with Gasteiger partial charge in [-0.1, -0.05) is 12.1 Å². The lowest BCUT2D eigenvalue weighted by Crippen LogP contribution is -2.57. The van der Waals surface area contributed by atoms with Gasteiger partial charge in [-0.15, -0.1) is 0 Å². The van der Waals surface area contributed by atoms with Crippen molar-refractivity contribution in [2.75, 3.05) is 47.0 Å². The van der Waals surface area contributed by atoms with Crippen LogP contribution in [0.3, 0.4) is 0 Å². The highest BCUT2D eigenvalue weighted by atomic mass is 19.2. The number of amides is 3. The van der Waals surface area contributed by atoms with Crippen LogP contribution in [0.1, 0.15) is 36.6 Å². The van der Waals surface area contributed by atoms with E-state index in [2.05, 4.69) is 15.2 Å². The predicted octanol–water partition coefficient (Wildman–Crippen LogP) is 2.25. The second-order valence-electron chi connectivity index (χ2n) is 9.88. The van der Waals surface area contributed by atoms with Gasteiger partial charge >= 0.3 is 12.0 Å². The van der Waals surface area contributed by atoms with Gasteiger partial charge in [0.05, 0.1) is 30.7 Å². The Labute approximate surface area is 236 Å². The number of halogens is 2. The van der Waals surface area contributed by atoms with E-state index in [0.717, 1.165) is 29.3 Å². The van der Waals surface area contributed by atoms with E-state index < -0.39 is 35.3 Å². The maximum absolute atomic E-state index is 14.3. The summed E-state index contributed by atoms with van der Waals surface area (Å²) in [5, 5.41) is 15.7. The number of nitrogens with one attached hydrogen (secondary N) is 1. The van der Waals surface area contributed by atoms with Crippen molar-refractivity contribution in [3.63, 3.8) is 0 Å². The summed E-state index contributed by atoms with van der Waals surface area (Å²) in [6.45, 7) is 1.66. The summed E-state index contributed by atoms with van der Waals surface area (Å²) >= 11 is 0. The molecule has 0 aliphatic carbocycles. The van der Waals surface area contributed by atoms with Crippen molar-refractivity contribution in [2.24, 2.45) is 0 Å². The first kappa shape index (κ1) is 30.0. The number of esters is 1. The van der Waals surface area contributed by atoms with Crippen LogP contribution in [0.5, 0.6) is 0 Å². The van der Waals surface area contributed by atoms with Crippen LogP contribution in [0.2, 0.25) is 0 Å². The minimum atomic E-state index is -1.30. The van der Waals surface area contributed by atoms with Crippen LogP contribution >= 0.6 is 0 Å². The SMILES string of the molecule is COCC1=C(C(=O)OC)C(c2ccc(F)c(F)c2)N(N(C=O)CCCN2CCC(O)(c3ccccn3)CC2)C(=O)N1. The lowest BCUT2D eigenvalue weighted by atomic mass is 9.87.